The van der Waals surface area contributed by atoms with E-state index in [1.807, 2.05) is 0 Å². The Morgan fingerprint density at radius 2 is 2.08 bits per heavy atom. The number of nitrogens with zero attached hydrogens (tertiary/aromatic N) is 2. The number of hydrogen-bond acceptors (Lipinski definition) is 4. The smallest absolute Gasteiger partial charge is 0.254 e. The van der Waals surface area contributed by atoms with Crippen molar-refractivity contribution in [1.29, 1.82) is 0 Å². The predicted octanol–water partition coefficient (Wildman–Crippen LogP) is 1.09. The molecule has 2 N–H and O–H groups in total. The number of hydrogen-bond donors (Lipinski definition) is 2. The highest BCUT2D eigenvalue weighted by Gasteiger charge is 2.23. The summed E-state index contributed by atoms with van der Waals surface area (Å²) in [7, 11) is 0. The number of halogens is 1. The van der Waals surface area contributed by atoms with Crippen LogP contribution in [0.3, 0.4) is 0 Å². The van der Waals surface area contributed by atoms with E-state index in [0.717, 1.165) is 19.6 Å². The predicted molar refractivity (Wildman–Crippen MR) is 97.3 cm³/mol. The number of carbonyl (C=O) groups excluding carboxylic acids is 2. The zero-order chi connectivity index (χ0) is 18.4. The number of likely N-dealkylation sites (tertiary alicyclic amines) is 1. The van der Waals surface area contributed by atoms with E-state index in [-0.39, 0.29) is 18.4 Å². The van der Waals surface area contributed by atoms with Gasteiger partial charge in [0.05, 0.1) is 26.2 Å². The van der Waals surface area contributed by atoms with Crippen molar-refractivity contribution < 1.29 is 19.0 Å². The lowest BCUT2D eigenvalue weighted by Gasteiger charge is -2.23. The summed E-state index contributed by atoms with van der Waals surface area (Å²) >= 11 is 6.00. The van der Waals surface area contributed by atoms with E-state index in [0.29, 0.717) is 22.9 Å². The molecule has 2 amide bonds. The van der Waals surface area contributed by atoms with Crippen molar-refractivity contribution in [3.8, 4) is 0 Å². The van der Waals surface area contributed by atoms with Gasteiger partial charge in [-0.2, -0.15) is 0 Å². The first-order valence-corrected chi connectivity index (χ1v) is 9.08. The molecular weight excluding hydrogens is 356 g/mol. The zero-order valence-corrected chi connectivity index (χ0v) is 15.2. The van der Waals surface area contributed by atoms with Crippen LogP contribution in [0, 0.1) is 0 Å². The minimum absolute atomic E-state index is 0.0501. The highest BCUT2D eigenvalue weighted by Crippen LogP contribution is 2.13. The molecule has 0 saturated carbocycles. The average Bonchev–Trinajstić information content (AvgIpc) is 3.31. The molecule has 2 aromatic rings. The summed E-state index contributed by atoms with van der Waals surface area (Å²) in [6, 6.07) is 8.33. The van der Waals surface area contributed by atoms with Crippen molar-refractivity contribution in [3.05, 3.63) is 47.2 Å². The van der Waals surface area contributed by atoms with Crippen molar-refractivity contribution in [2.45, 2.75) is 12.8 Å². The Bertz CT molecular complexity index is 745. The van der Waals surface area contributed by atoms with Crippen LogP contribution in [-0.4, -0.2) is 54.6 Å². The minimum Gasteiger partial charge on any atom is -0.363 e. The monoisotopic (exact) mass is 377 g/mol. The van der Waals surface area contributed by atoms with Gasteiger partial charge in [-0.15, -0.1) is 0 Å². The average molecular weight is 378 g/mol. The van der Waals surface area contributed by atoms with E-state index in [2.05, 4.69) is 10.5 Å². The summed E-state index contributed by atoms with van der Waals surface area (Å²) in [5.41, 5.74) is 0.475. The van der Waals surface area contributed by atoms with Gasteiger partial charge in [-0.25, -0.2) is 0 Å². The van der Waals surface area contributed by atoms with E-state index in [4.69, 9.17) is 16.1 Å². The van der Waals surface area contributed by atoms with Crippen LogP contribution in [-0.2, 0) is 4.79 Å². The lowest BCUT2D eigenvalue weighted by atomic mass is 10.2. The van der Waals surface area contributed by atoms with Crippen molar-refractivity contribution in [3.63, 3.8) is 0 Å². The van der Waals surface area contributed by atoms with Crippen LogP contribution in [0.2, 0.25) is 5.02 Å². The van der Waals surface area contributed by atoms with Gasteiger partial charge in [-0.05, 0) is 18.2 Å². The largest absolute Gasteiger partial charge is 0.363 e. The van der Waals surface area contributed by atoms with Crippen LogP contribution in [0.15, 0.2) is 41.1 Å². The van der Waals surface area contributed by atoms with E-state index in [9.17, 15) is 9.59 Å². The number of benzene rings is 1. The highest BCUT2D eigenvalue weighted by atomic mass is 35.5. The molecule has 0 bridgehead atoms. The molecule has 0 unspecified atom stereocenters. The van der Waals surface area contributed by atoms with Crippen LogP contribution in [0.1, 0.15) is 23.2 Å². The van der Waals surface area contributed by atoms with Gasteiger partial charge in [0.15, 0.2) is 5.82 Å². The number of quaternary nitrogens is 1. The Balaban J connectivity index is 1.67. The van der Waals surface area contributed by atoms with Gasteiger partial charge in [-0.1, -0.05) is 22.8 Å². The highest BCUT2D eigenvalue weighted by molar-refractivity contribution is 6.31. The molecule has 3 rings (SSSR count). The molecular formula is C18H22ClN4O3+. The summed E-state index contributed by atoms with van der Waals surface area (Å²) in [6.07, 6.45) is 3.80. The number of anilines is 1. The van der Waals surface area contributed by atoms with Gasteiger partial charge >= 0.3 is 0 Å². The molecule has 138 valence electrons. The number of nitrogens with one attached hydrogen (secondary N) is 2. The molecule has 0 radical (unpaired) electrons. The first-order valence-electron chi connectivity index (χ1n) is 8.70. The third kappa shape index (κ3) is 5.06. The third-order valence-electron chi connectivity index (χ3n) is 4.44. The Morgan fingerprint density at radius 3 is 2.77 bits per heavy atom. The third-order valence-corrected chi connectivity index (χ3v) is 4.68. The minimum atomic E-state index is -0.314. The fourth-order valence-corrected chi connectivity index (χ4v) is 3.30. The van der Waals surface area contributed by atoms with Crippen molar-refractivity contribution in [2.75, 3.05) is 38.0 Å². The molecule has 7 nitrogen and oxygen atoms in total. The van der Waals surface area contributed by atoms with Crippen molar-refractivity contribution >= 4 is 29.2 Å². The first-order chi connectivity index (χ1) is 12.6. The molecule has 1 saturated heterocycles. The normalized spacial score (nSPS) is 14.3. The van der Waals surface area contributed by atoms with E-state index in [1.165, 1.54) is 24.0 Å². The molecule has 2 heterocycles. The van der Waals surface area contributed by atoms with Crippen molar-refractivity contribution in [2.24, 2.45) is 0 Å². The Hall–Kier alpha value is -2.38. The molecule has 0 atom stereocenters. The topological polar surface area (TPSA) is 79.9 Å². The summed E-state index contributed by atoms with van der Waals surface area (Å²) in [6.45, 7) is 3.51. The van der Waals surface area contributed by atoms with Gasteiger partial charge in [0.2, 0.25) is 5.91 Å². The molecule has 1 aromatic carbocycles. The van der Waals surface area contributed by atoms with Gasteiger partial charge in [0.1, 0.15) is 12.8 Å². The van der Waals surface area contributed by atoms with Crippen LogP contribution in [0.4, 0.5) is 5.82 Å². The summed E-state index contributed by atoms with van der Waals surface area (Å²) in [4.78, 5) is 28.2. The second-order valence-corrected chi connectivity index (χ2v) is 6.81. The first kappa shape index (κ1) is 18.4. The van der Waals surface area contributed by atoms with E-state index < -0.39 is 0 Å². The number of rotatable bonds is 7. The van der Waals surface area contributed by atoms with E-state index in [1.54, 1.807) is 35.2 Å². The maximum absolute atomic E-state index is 12.9. The summed E-state index contributed by atoms with van der Waals surface area (Å²) in [5, 5.41) is 6.78. The summed E-state index contributed by atoms with van der Waals surface area (Å²) < 4.78 is 4.70. The Kier molecular flexibility index (Phi) is 6.25. The quantitative estimate of drug-likeness (QED) is 0.757. The standard InChI is InChI=1S/C18H21ClN4O3/c19-15-5-3-4-14(12-15)18(25)23(10-9-22-7-1-2-8-22)13-17(24)20-16-6-11-26-21-16/h3-6,11-12H,1-2,7-10,13H2,(H,20,21,24)/p+1. The molecule has 1 fully saturated rings. The molecule has 1 aromatic heterocycles. The fraction of sp³-hybridized carbons (Fsp3) is 0.389. The molecule has 1 aliphatic rings. The number of carbonyl (C=O) groups is 2. The van der Waals surface area contributed by atoms with Crippen LogP contribution < -0.4 is 10.2 Å². The second-order valence-electron chi connectivity index (χ2n) is 6.38. The Morgan fingerprint density at radius 1 is 1.27 bits per heavy atom. The van der Waals surface area contributed by atoms with Crippen LogP contribution in [0.5, 0.6) is 0 Å². The van der Waals surface area contributed by atoms with Gasteiger partial charge < -0.3 is 19.6 Å². The van der Waals surface area contributed by atoms with Gasteiger partial charge in [0.25, 0.3) is 5.91 Å². The molecule has 8 heteroatoms. The second kappa shape index (κ2) is 8.82. The van der Waals surface area contributed by atoms with Crippen molar-refractivity contribution in [1.82, 2.24) is 10.1 Å². The van der Waals surface area contributed by atoms with Gasteiger partial charge in [-0.3, -0.25) is 9.59 Å². The van der Waals surface area contributed by atoms with E-state index >= 15 is 0 Å². The maximum Gasteiger partial charge on any atom is 0.254 e. The number of amides is 2. The van der Waals surface area contributed by atoms with Crippen LogP contribution in [0.25, 0.3) is 0 Å². The van der Waals surface area contributed by atoms with Crippen LogP contribution >= 0.6 is 11.6 Å². The summed E-state index contributed by atoms with van der Waals surface area (Å²) in [5.74, 6) is -0.192. The zero-order valence-electron chi connectivity index (χ0n) is 14.4. The lowest BCUT2D eigenvalue weighted by molar-refractivity contribution is -0.886. The Labute approximate surface area is 156 Å². The molecule has 0 spiro atoms. The molecule has 1 aliphatic heterocycles. The molecule has 0 aliphatic carbocycles. The SMILES string of the molecule is O=C(CN(CC[NH+]1CCCC1)C(=O)c1cccc(Cl)c1)Nc1ccon1. The lowest BCUT2D eigenvalue weighted by Crippen LogP contribution is -3.10. The maximum atomic E-state index is 12.9. The fourth-order valence-electron chi connectivity index (χ4n) is 3.11. The van der Waals surface area contributed by atoms with Gasteiger partial charge in [0, 0.05) is 29.5 Å². The number of aromatic nitrogens is 1. The molecule has 26 heavy (non-hydrogen) atoms.